The molecule has 202 valence electrons. The van der Waals surface area contributed by atoms with Crippen molar-refractivity contribution in [3.63, 3.8) is 0 Å². The highest BCUT2D eigenvalue weighted by Gasteiger charge is 2.40. The molecule has 10 nitrogen and oxygen atoms in total. The molecule has 0 fully saturated rings. The van der Waals surface area contributed by atoms with Gasteiger partial charge in [0, 0.05) is 22.8 Å². The Bertz CT molecular complexity index is 1160. The lowest BCUT2D eigenvalue weighted by Gasteiger charge is -2.32. The molecule has 38 heavy (non-hydrogen) atoms. The molecule has 1 aromatic rings. The van der Waals surface area contributed by atoms with Gasteiger partial charge in [-0.1, -0.05) is 24.3 Å². The predicted octanol–water partition coefficient (Wildman–Crippen LogP) is 2.85. The van der Waals surface area contributed by atoms with Crippen LogP contribution in [-0.2, 0) is 38.1 Å². The Morgan fingerprint density at radius 2 is 0.816 bits per heavy atom. The molecule has 2 aliphatic heterocycles. The molecule has 1 aromatic carbocycles. The number of carbonyl (C=O) groups excluding carboxylic acids is 4. The molecular weight excluding hydrogens is 492 g/mol. The summed E-state index contributed by atoms with van der Waals surface area (Å²) in [5.41, 5.74) is 4.17. The van der Waals surface area contributed by atoms with Gasteiger partial charge in [-0.05, 0) is 38.8 Å². The van der Waals surface area contributed by atoms with Gasteiger partial charge in [0.15, 0.2) is 0 Å². The highest BCUT2D eigenvalue weighted by Crippen LogP contribution is 2.43. The van der Waals surface area contributed by atoms with Gasteiger partial charge in [-0.25, -0.2) is 19.2 Å². The third-order valence-electron chi connectivity index (χ3n) is 6.72. The van der Waals surface area contributed by atoms with E-state index in [1.165, 1.54) is 28.4 Å². The molecule has 0 radical (unpaired) electrons. The third kappa shape index (κ3) is 4.93. The maximum Gasteiger partial charge on any atom is 0.336 e. The number of ether oxygens (including phenoxy) is 4. The van der Waals surface area contributed by atoms with Crippen LogP contribution in [0.5, 0.6) is 0 Å². The van der Waals surface area contributed by atoms with Gasteiger partial charge in [0.05, 0.1) is 62.6 Å². The number of rotatable bonds is 6. The summed E-state index contributed by atoms with van der Waals surface area (Å²) in [5, 5.41) is 6.14. The van der Waals surface area contributed by atoms with E-state index < -0.39 is 35.7 Å². The highest BCUT2D eigenvalue weighted by atomic mass is 16.5. The van der Waals surface area contributed by atoms with E-state index in [0.717, 1.165) is 0 Å². The smallest absolute Gasteiger partial charge is 0.336 e. The highest BCUT2D eigenvalue weighted by molar-refractivity contribution is 6.01. The number of allylic oxidation sites excluding steroid dienone is 4. The van der Waals surface area contributed by atoms with Crippen molar-refractivity contribution in [2.24, 2.45) is 0 Å². The number of carbonyl (C=O) groups is 4. The summed E-state index contributed by atoms with van der Waals surface area (Å²) in [6.07, 6.45) is 0. The predicted molar refractivity (Wildman–Crippen MR) is 137 cm³/mol. The van der Waals surface area contributed by atoms with E-state index in [1.807, 2.05) is 0 Å². The van der Waals surface area contributed by atoms with Crippen LogP contribution in [0.3, 0.4) is 0 Å². The van der Waals surface area contributed by atoms with Crippen LogP contribution in [0.4, 0.5) is 0 Å². The zero-order valence-electron chi connectivity index (χ0n) is 22.7. The maximum absolute atomic E-state index is 12.9. The minimum atomic E-state index is -0.837. The van der Waals surface area contributed by atoms with Crippen LogP contribution < -0.4 is 10.6 Å². The lowest BCUT2D eigenvalue weighted by atomic mass is 9.76. The van der Waals surface area contributed by atoms with Crippen molar-refractivity contribution in [3.8, 4) is 0 Å². The zero-order valence-corrected chi connectivity index (χ0v) is 22.7. The van der Waals surface area contributed by atoms with Crippen LogP contribution in [0.2, 0.25) is 0 Å². The van der Waals surface area contributed by atoms with E-state index in [0.29, 0.717) is 33.9 Å². The Morgan fingerprint density at radius 3 is 1.05 bits per heavy atom. The topological polar surface area (TPSA) is 129 Å². The molecule has 2 aliphatic rings. The first-order valence-electron chi connectivity index (χ1n) is 11.8. The van der Waals surface area contributed by atoms with Gasteiger partial charge in [0.1, 0.15) is 0 Å². The fraction of sp³-hybridized carbons (Fsp3) is 0.357. The molecule has 0 atom stereocenters. The summed E-state index contributed by atoms with van der Waals surface area (Å²) >= 11 is 0. The van der Waals surface area contributed by atoms with Crippen LogP contribution in [0.1, 0.15) is 50.7 Å². The van der Waals surface area contributed by atoms with Gasteiger partial charge < -0.3 is 29.6 Å². The minimum absolute atomic E-state index is 0.237. The Labute approximate surface area is 221 Å². The lowest BCUT2D eigenvalue weighted by molar-refractivity contribution is -0.138. The summed E-state index contributed by atoms with van der Waals surface area (Å²) in [7, 11) is 5.06. The SMILES string of the molecule is COC(=O)C1=C(C)NC(C)=C(C(=O)OC)C1c1cccc(C2C(C(=O)OC)=C(C)NC(C)=C2C(=O)OC)c1. The van der Waals surface area contributed by atoms with Gasteiger partial charge >= 0.3 is 23.9 Å². The first-order valence-corrected chi connectivity index (χ1v) is 11.8. The van der Waals surface area contributed by atoms with Gasteiger partial charge in [-0.3, -0.25) is 0 Å². The molecule has 0 amide bonds. The number of hydrogen-bond donors (Lipinski definition) is 2. The maximum atomic E-state index is 12.9. The summed E-state index contributed by atoms with van der Waals surface area (Å²) in [4.78, 5) is 51.7. The summed E-state index contributed by atoms with van der Waals surface area (Å²) in [6.45, 7) is 6.87. The number of methoxy groups -OCH3 is 4. The Kier molecular flexibility index (Phi) is 8.45. The van der Waals surface area contributed by atoms with Crippen molar-refractivity contribution in [1.82, 2.24) is 10.6 Å². The van der Waals surface area contributed by atoms with Crippen molar-refractivity contribution in [2.45, 2.75) is 39.5 Å². The average Bonchev–Trinajstić information content (AvgIpc) is 2.90. The van der Waals surface area contributed by atoms with Gasteiger partial charge in [0.25, 0.3) is 0 Å². The van der Waals surface area contributed by atoms with E-state index in [1.54, 1.807) is 52.0 Å². The van der Waals surface area contributed by atoms with Crippen LogP contribution in [0, 0.1) is 0 Å². The number of hydrogen-bond acceptors (Lipinski definition) is 10. The molecule has 0 saturated heterocycles. The molecule has 0 aromatic heterocycles. The number of esters is 4. The van der Waals surface area contributed by atoms with Crippen LogP contribution >= 0.6 is 0 Å². The summed E-state index contributed by atoms with van der Waals surface area (Å²) in [5.74, 6) is -4.13. The first kappa shape index (κ1) is 28.2. The second kappa shape index (κ2) is 11.4. The van der Waals surface area contributed by atoms with Crippen LogP contribution in [0.15, 0.2) is 69.3 Å². The molecule has 2 N–H and O–H groups in total. The van der Waals surface area contributed by atoms with Crippen molar-refractivity contribution in [1.29, 1.82) is 0 Å². The normalized spacial score (nSPS) is 16.6. The number of dihydropyridines is 2. The van der Waals surface area contributed by atoms with Gasteiger partial charge in [0.2, 0.25) is 0 Å². The van der Waals surface area contributed by atoms with Crippen LogP contribution in [0.25, 0.3) is 0 Å². The zero-order chi connectivity index (χ0) is 28.3. The van der Waals surface area contributed by atoms with Gasteiger partial charge in [-0.2, -0.15) is 0 Å². The molecule has 0 spiro atoms. The second-order valence-electron chi connectivity index (χ2n) is 8.91. The molecular formula is C28H32N2O8. The van der Waals surface area contributed by atoms with E-state index in [2.05, 4.69) is 10.6 Å². The monoisotopic (exact) mass is 524 g/mol. The molecule has 3 rings (SSSR count). The molecule has 0 bridgehead atoms. The molecule has 0 unspecified atom stereocenters. The number of benzene rings is 1. The summed E-state index contributed by atoms with van der Waals surface area (Å²) < 4.78 is 20.2. The Hall–Kier alpha value is -4.34. The fourth-order valence-corrected chi connectivity index (χ4v) is 5.09. The van der Waals surface area contributed by atoms with E-state index in [-0.39, 0.29) is 22.3 Å². The molecule has 2 heterocycles. The van der Waals surface area contributed by atoms with Crippen molar-refractivity contribution in [2.75, 3.05) is 28.4 Å². The Morgan fingerprint density at radius 1 is 0.553 bits per heavy atom. The van der Waals surface area contributed by atoms with Gasteiger partial charge in [-0.15, -0.1) is 0 Å². The second-order valence-corrected chi connectivity index (χ2v) is 8.91. The van der Waals surface area contributed by atoms with E-state index in [4.69, 9.17) is 18.9 Å². The fourth-order valence-electron chi connectivity index (χ4n) is 5.09. The average molecular weight is 525 g/mol. The quantitative estimate of drug-likeness (QED) is 0.423. The Balaban J connectivity index is 2.32. The van der Waals surface area contributed by atoms with Crippen molar-refractivity contribution < 1.29 is 38.1 Å². The lowest BCUT2D eigenvalue weighted by Crippen LogP contribution is -2.33. The van der Waals surface area contributed by atoms with Crippen LogP contribution in [-0.4, -0.2) is 52.3 Å². The molecule has 0 aliphatic carbocycles. The molecule has 10 heteroatoms. The van der Waals surface area contributed by atoms with Crippen molar-refractivity contribution in [3.05, 3.63) is 80.5 Å². The summed E-state index contributed by atoms with van der Waals surface area (Å²) in [6, 6.07) is 7.01. The van der Waals surface area contributed by atoms with E-state index in [9.17, 15) is 19.2 Å². The van der Waals surface area contributed by atoms with E-state index >= 15 is 0 Å². The largest absolute Gasteiger partial charge is 0.466 e. The first-order chi connectivity index (χ1) is 18.0. The third-order valence-corrected chi connectivity index (χ3v) is 6.72. The van der Waals surface area contributed by atoms with Crippen molar-refractivity contribution >= 4 is 23.9 Å². The number of nitrogens with one attached hydrogen (secondary N) is 2. The standard InChI is InChI=1S/C28H32N2O8/c1-13-19(25(31)35-5)23(20(14(2)29-13)26(32)36-6)17-10-9-11-18(12-17)24-21(27(33)37-7)15(3)30-16(4)22(24)28(34)38-8/h9-12,23-24,29-30H,1-8H3. The minimum Gasteiger partial charge on any atom is -0.466 e. The molecule has 0 saturated carbocycles.